The van der Waals surface area contributed by atoms with Crippen molar-refractivity contribution in [3.8, 4) is 11.5 Å². The Hall–Kier alpha value is -2.39. The topological polar surface area (TPSA) is 18.5 Å². The minimum atomic E-state index is -0.183. The molecule has 3 aromatic rings. The number of para-hydroxylation sites is 1. The van der Waals surface area contributed by atoms with Crippen LogP contribution in [0.5, 0.6) is 11.5 Å². The number of hydrogen-bond acceptors (Lipinski definition) is 3. The molecule has 34 heavy (non-hydrogen) atoms. The maximum Gasteiger partial charge on any atom is 0.125 e. The summed E-state index contributed by atoms with van der Waals surface area (Å²) in [4.78, 5) is 1.34. The lowest BCUT2D eigenvalue weighted by Crippen LogP contribution is -2.36. The van der Waals surface area contributed by atoms with Crippen molar-refractivity contribution in [1.29, 1.82) is 0 Å². The van der Waals surface area contributed by atoms with Crippen LogP contribution in [0, 0.1) is 27.7 Å². The first-order chi connectivity index (χ1) is 16.4. The van der Waals surface area contributed by atoms with Gasteiger partial charge in [0, 0.05) is 4.90 Å². The van der Waals surface area contributed by atoms with Crippen LogP contribution in [-0.2, 0) is 0 Å². The van der Waals surface area contributed by atoms with Crippen molar-refractivity contribution in [3.05, 3.63) is 89.0 Å². The number of thioether (sulfide) groups is 1. The van der Waals surface area contributed by atoms with Crippen molar-refractivity contribution in [2.45, 2.75) is 77.2 Å². The summed E-state index contributed by atoms with van der Waals surface area (Å²) in [5, 5.41) is 0. The van der Waals surface area contributed by atoms with Gasteiger partial charge in [-0.05, 0) is 100 Å². The van der Waals surface area contributed by atoms with Crippen molar-refractivity contribution in [1.82, 2.24) is 0 Å². The van der Waals surface area contributed by atoms with Crippen LogP contribution in [0.15, 0.2) is 71.6 Å². The van der Waals surface area contributed by atoms with E-state index >= 15 is 0 Å². The van der Waals surface area contributed by atoms with Gasteiger partial charge >= 0.3 is 0 Å². The van der Waals surface area contributed by atoms with Crippen molar-refractivity contribution in [3.63, 3.8) is 0 Å². The number of ether oxygens (including phenoxy) is 2. The Morgan fingerprint density at radius 2 is 1.41 bits per heavy atom. The van der Waals surface area contributed by atoms with Gasteiger partial charge in [0.15, 0.2) is 0 Å². The first-order valence-electron chi connectivity index (χ1n) is 12.6. The van der Waals surface area contributed by atoms with Crippen molar-refractivity contribution >= 4 is 11.8 Å². The Balaban J connectivity index is 1.67. The van der Waals surface area contributed by atoms with E-state index < -0.39 is 0 Å². The second kappa shape index (κ2) is 12.9. The molecule has 0 aliphatic heterocycles. The third-order valence-electron chi connectivity index (χ3n) is 6.48. The molecule has 0 saturated heterocycles. The van der Waals surface area contributed by atoms with Crippen LogP contribution in [0.25, 0.3) is 0 Å². The predicted octanol–water partition coefficient (Wildman–Crippen LogP) is 8.88. The van der Waals surface area contributed by atoms with Crippen LogP contribution in [0.4, 0.5) is 0 Å². The molecular formula is C31H40O2S. The van der Waals surface area contributed by atoms with Crippen LogP contribution in [-0.4, -0.2) is 18.0 Å². The maximum absolute atomic E-state index is 6.93. The van der Waals surface area contributed by atoms with Gasteiger partial charge in [-0.25, -0.2) is 0 Å². The number of rotatable bonds is 13. The lowest BCUT2D eigenvalue weighted by molar-refractivity contribution is 0.0384. The van der Waals surface area contributed by atoms with Gasteiger partial charge in [-0.15, -0.1) is 11.8 Å². The van der Waals surface area contributed by atoms with E-state index in [9.17, 15) is 0 Å². The SMILES string of the molecule is CCC(CCCOc1ccccc1C)(CCCSc1ccccc1)Oc1c(C)cc(C)cc1C. The average molecular weight is 477 g/mol. The third-order valence-corrected chi connectivity index (χ3v) is 7.58. The lowest BCUT2D eigenvalue weighted by Gasteiger charge is -2.35. The predicted molar refractivity (Wildman–Crippen MR) is 147 cm³/mol. The molecule has 0 fully saturated rings. The van der Waals surface area contributed by atoms with E-state index in [0.29, 0.717) is 6.61 Å². The van der Waals surface area contributed by atoms with Gasteiger partial charge in [-0.2, -0.15) is 0 Å². The van der Waals surface area contributed by atoms with Gasteiger partial charge in [0.25, 0.3) is 0 Å². The molecule has 1 unspecified atom stereocenters. The first kappa shape index (κ1) is 26.2. The van der Waals surface area contributed by atoms with Crippen LogP contribution in [0.1, 0.15) is 61.3 Å². The van der Waals surface area contributed by atoms with E-state index in [1.165, 1.54) is 27.1 Å². The average Bonchev–Trinajstić information content (AvgIpc) is 2.83. The molecule has 0 N–H and O–H groups in total. The monoisotopic (exact) mass is 476 g/mol. The third kappa shape index (κ3) is 7.56. The molecule has 3 heteroatoms. The highest BCUT2D eigenvalue weighted by molar-refractivity contribution is 7.99. The highest BCUT2D eigenvalue weighted by Gasteiger charge is 2.31. The second-order valence-electron chi connectivity index (χ2n) is 9.35. The minimum Gasteiger partial charge on any atom is -0.493 e. The van der Waals surface area contributed by atoms with E-state index in [2.05, 4.69) is 95.3 Å². The van der Waals surface area contributed by atoms with Crippen LogP contribution in [0.3, 0.4) is 0 Å². The molecule has 0 amide bonds. The van der Waals surface area contributed by atoms with Crippen LogP contribution >= 0.6 is 11.8 Å². The second-order valence-corrected chi connectivity index (χ2v) is 10.5. The summed E-state index contributed by atoms with van der Waals surface area (Å²) in [5.74, 6) is 3.14. The summed E-state index contributed by atoms with van der Waals surface area (Å²) in [6.45, 7) is 11.6. The standard InChI is InChI=1S/C31H40O2S/c1-6-31(19-13-21-34-28-15-8-7-9-16-28,33-30-26(4)22-24(2)23-27(30)5)18-12-20-32-29-17-11-10-14-25(29)3/h7-11,14-17,22-23H,6,12-13,18-21H2,1-5H3. The summed E-state index contributed by atoms with van der Waals surface area (Å²) in [6.07, 6.45) is 5.10. The van der Waals surface area contributed by atoms with Gasteiger partial charge in [-0.1, -0.05) is 61.0 Å². The Labute approximate surface area is 211 Å². The van der Waals surface area contributed by atoms with E-state index in [1.807, 2.05) is 17.8 Å². The van der Waals surface area contributed by atoms with E-state index in [-0.39, 0.29) is 5.60 Å². The molecule has 0 saturated carbocycles. The van der Waals surface area contributed by atoms with E-state index in [0.717, 1.165) is 49.4 Å². The number of hydrogen-bond donors (Lipinski definition) is 0. The summed E-state index contributed by atoms with van der Waals surface area (Å²) < 4.78 is 13.0. The Bertz CT molecular complexity index is 1010. The molecule has 0 aromatic heterocycles. The molecule has 3 rings (SSSR count). The molecule has 2 nitrogen and oxygen atoms in total. The van der Waals surface area contributed by atoms with Crippen molar-refractivity contribution in [2.24, 2.45) is 0 Å². The van der Waals surface area contributed by atoms with Gasteiger partial charge < -0.3 is 9.47 Å². The molecule has 0 spiro atoms. The summed E-state index contributed by atoms with van der Waals surface area (Å²) in [7, 11) is 0. The molecule has 0 radical (unpaired) electrons. The van der Waals surface area contributed by atoms with Crippen LogP contribution in [0.2, 0.25) is 0 Å². The zero-order valence-electron chi connectivity index (χ0n) is 21.5. The fourth-order valence-electron chi connectivity index (χ4n) is 4.59. The van der Waals surface area contributed by atoms with Gasteiger partial charge in [-0.3, -0.25) is 0 Å². The molecule has 0 heterocycles. The Kier molecular flexibility index (Phi) is 9.95. The fraction of sp³-hybridized carbons (Fsp3) is 0.419. The van der Waals surface area contributed by atoms with E-state index in [4.69, 9.17) is 9.47 Å². The maximum atomic E-state index is 6.93. The first-order valence-corrected chi connectivity index (χ1v) is 13.5. The zero-order valence-corrected chi connectivity index (χ0v) is 22.3. The molecule has 1 atom stereocenters. The zero-order chi connectivity index (χ0) is 24.4. The number of aryl methyl sites for hydroxylation is 4. The van der Waals surface area contributed by atoms with Gasteiger partial charge in [0.05, 0.1) is 6.61 Å². The lowest BCUT2D eigenvalue weighted by atomic mass is 9.89. The van der Waals surface area contributed by atoms with Gasteiger partial charge in [0.1, 0.15) is 17.1 Å². The van der Waals surface area contributed by atoms with Gasteiger partial charge in [0.2, 0.25) is 0 Å². The number of benzene rings is 3. The van der Waals surface area contributed by atoms with Crippen LogP contribution < -0.4 is 9.47 Å². The molecule has 0 aliphatic rings. The minimum absolute atomic E-state index is 0.183. The van der Waals surface area contributed by atoms with E-state index in [1.54, 1.807) is 0 Å². The molecule has 0 aliphatic carbocycles. The highest BCUT2D eigenvalue weighted by Crippen LogP contribution is 2.35. The smallest absolute Gasteiger partial charge is 0.125 e. The molecule has 3 aromatic carbocycles. The van der Waals surface area contributed by atoms with Crippen molar-refractivity contribution < 1.29 is 9.47 Å². The summed E-state index contributed by atoms with van der Waals surface area (Å²) in [6, 6.07) is 23.4. The quantitative estimate of drug-likeness (QED) is 0.181. The largest absolute Gasteiger partial charge is 0.493 e. The molecule has 182 valence electrons. The normalized spacial score (nSPS) is 12.9. The Morgan fingerprint density at radius 3 is 2.09 bits per heavy atom. The highest BCUT2D eigenvalue weighted by atomic mass is 32.2. The molecule has 0 bridgehead atoms. The molecular weight excluding hydrogens is 436 g/mol. The Morgan fingerprint density at radius 1 is 0.765 bits per heavy atom. The van der Waals surface area contributed by atoms with Crippen molar-refractivity contribution in [2.75, 3.05) is 12.4 Å². The summed E-state index contributed by atoms with van der Waals surface area (Å²) in [5.41, 5.74) is 4.74. The summed E-state index contributed by atoms with van der Waals surface area (Å²) >= 11 is 1.93. The fourth-order valence-corrected chi connectivity index (χ4v) is 5.47.